The molecule has 0 aliphatic heterocycles. The number of allylic oxidation sites excluding steroid dienone is 5. The lowest BCUT2D eigenvalue weighted by atomic mass is 10.1. The molecule has 0 aliphatic rings. The Morgan fingerprint density at radius 2 is 1.81 bits per heavy atom. The van der Waals surface area contributed by atoms with Crippen LogP contribution >= 0.6 is 0 Å². The van der Waals surface area contributed by atoms with Gasteiger partial charge < -0.3 is 9.67 Å². The van der Waals surface area contributed by atoms with E-state index in [1.165, 1.54) is 0 Å². The van der Waals surface area contributed by atoms with E-state index >= 15 is 0 Å². The number of rotatable bonds is 6. The fraction of sp³-hybridized carbons (Fsp3) is 0.0417. The Labute approximate surface area is 159 Å². The molecule has 0 spiro atoms. The van der Waals surface area contributed by atoms with E-state index in [-0.39, 0.29) is 5.56 Å². The van der Waals surface area contributed by atoms with E-state index in [2.05, 4.69) is 24.8 Å². The summed E-state index contributed by atoms with van der Waals surface area (Å²) in [4.78, 5) is 11.4. The highest BCUT2D eigenvalue weighted by Crippen LogP contribution is 2.30. The Balaban J connectivity index is 2.23. The molecule has 1 N–H and O–H groups in total. The van der Waals surface area contributed by atoms with E-state index in [0.29, 0.717) is 0 Å². The third-order valence-corrected chi connectivity index (χ3v) is 4.24. The summed E-state index contributed by atoms with van der Waals surface area (Å²) in [5.41, 5.74) is 5.18. The lowest BCUT2D eigenvalue weighted by Crippen LogP contribution is -2.01. The molecule has 3 nitrogen and oxygen atoms in total. The zero-order valence-corrected chi connectivity index (χ0v) is 15.2. The zero-order chi connectivity index (χ0) is 19.2. The zero-order valence-electron chi connectivity index (χ0n) is 15.2. The number of benzene rings is 2. The van der Waals surface area contributed by atoms with Crippen molar-refractivity contribution in [3.63, 3.8) is 0 Å². The SMILES string of the molecule is C=C/C=C(\C=C/C)c1cc(-c2ccccc2)cn1-c1cccc(C(=O)O)c1. The molecule has 0 unspecified atom stereocenters. The van der Waals surface area contributed by atoms with Crippen LogP contribution in [0, 0.1) is 0 Å². The molecule has 0 aliphatic carbocycles. The average Bonchev–Trinajstić information content (AvgIpc) is 3.14. The largest absolute Gasteiger partial charge is 0.478 e. The van der Waals surface area contributed by atoms with Crippen molar-refractivity contribution in [1.82, 2.24) is 4.57 Å². The second-order valence-electron chi connectivity index (χ2n) is 6.06. The van der Waals surface area contributed by atoms with Gasteiger partial charge >= 0.3 is 5.97 Å². The number of carboxylic acid groups (broad SMARTS) is 1. The summed E-state index contributed by atoms with van der Waals surface area (Å²) in [6.07, 6.45) is 9.72. The minimum absolute atomic E-state index is 0.258. The van der Waals surface area contributed by atoms with Gasteiger partial charge in [-0.2, -0.15) is 0 Å². The summed E-state index contributed by atoms with van der Waals surface area (Å²) in [6.45, 7) is 5.78. The first-order valence-electron chi connectivity index (χ1n) is 8.71. The van der Waals surface area contributed by atoms with Gasteiger partial charge in [-0.25, -0.2) is 4.79 Å². The Bertz CT molecular complexity index is 1020. The third-order valence-electron chi connectivity index (χ3n) is 4.24. The van der Waals surface area contributed by atoms with Crippen molar-refractivity contribution in [2.24, 2.45) is 0 Å². The van der Waals surface area contributed by atoms with Crippen LogP contribution in [0.2, 0.25) is 0 Å². The van der Waals surface area contributed by atoms with Crippen LogP contribution in [0.25, 0.3) is 22.4 Å². The molecule has 0 radical (unpaired) electrons. The van der Waals surface area contributed by atoms with Gasteiger partial charge in [-0.15, -0.1) is 0 Å². The molecule has 1 heterocycles. The van der Waals surface area contributed by atoms with Gasteiger partial charge in [0.05, 0.1) is 11.3 Å². The minimum Gasteiger partial charge on any atom is -0.478 e. The molecule has 3 rings (SSSR count). The van der Waals surface area contributed by atoms with Gasteiger partial charge in [-0.1, -0.05) is 67.3 Å². The Kier molecular flexibility index (Phi) is 5.53. The Morgan fingerprint density at radius 3 is 2.48 bits per heavy atom. The number of hydrogen-bond acceptors (Lipinski definition) is 1. The standard InChI is InChI=1S/C24H21NO2/c1-3-9-19(10-4-2)23-16-21(18-11-6-5-7-12-18)17-25(23)22-14-8-13-20(15-22)24(26)27/h3-17H,1H2,2H3,(H,26,27)/b10-4-,19-9+. The first-order valence-corrected chi connectivity index (χ1v) is 8.71. The maximum atomic E-state index is 11.4. The van der Waals surface area contributed by atoms with E-state index in [0.717, 1.165) is 28.1 Å². The molecule has 1 aromatic heterocycles. The molecular weight excluding hydrogens is 334 g/mol. The highest BCUT2D eigenvalue weighted by atomic mass is 16.4. The molecule has 3 aromatic rings. The first kappa shape index (κ1) is 18.2. The fourth-order valence-electron chi connectivity index (χ4n) is 3.01. The van der Waals surface area contributed by atoms with E-state index in [1.807, 2.05) is 60.2 Å². The summed E-state index contributed by atoms with van der Waals surface area (Å²) in [7, 11) is 0. The van der Waals surface area contributed by atoms with Gasteiger partial charge in [0.1, 0.15) is 0 Å². The second-order valence-corrected chi connectivity index (χ2v) is 6.06. The molecule has 0 fully saturated rings. The Morgan fingerprint density at radius 1 is 1.04 bits per heavy atom. The van der Waals surface area contributed by atoms with E-state index in [4.69, 9.17) is 0 Å². The van der Waals surface area contributed by atoms with Gasteiger partial charge in [0.25, 0.3) is 0 Å². The van der Waals surface area contributed by atoms with Crippen molar-refractivity contribution in [1.29, 1.82) is 0 Å². The molecule has 27 heavy (non-hydrogen) atoms. The lowest BCUT2D eigenvalue weighted by Gasteiger charge is -2.11. The molecule has 0 atom stereocenters. The third kappa shape index (κ3) is 3.98. The van der Waals surface area contributed by atoms with Crippen molar-refractivity contribution >= 4 is 11.5 Å². The van der Waals surface area contributed by atoms with E-state index in [9.17, 15) is 9.90 Å². The second kappa shape index (κ2) is 8.19. The summed E-state index contributed by atoms with van der Waals surface area (Å²) in [5, 5.41) is 9.34. The van der Waals surface area contributed by atoms with Gasteiger partial charge in [-0.05, 0) is 42.3 Å². The highest BCUT2D eigenvalue weighted by Gasteiger charge is 2.13. The number of aromatic carboxylic acids is 1. The lowest BCUT2D eigenvalue weighted by molar-refractivity contribution is 0.0697. The van der Waals surface area contributed by atoms with Crippen LogP contribution in [0.4, 0.5) is 0 Å². The monoisotopic (exact) mass is 355 g/mol. The number of carboxylic acids is 1. The van der Waals surface area contributed by atoms with Crippen LogP contribution in [0.5, 0.6) is 0 Å². The van der Waals surface area contributed by atoms with Crippen molar-refractivity contribution in [3.8, 4) is 16.8 Å². The van der Waals surface area contributed by atoms with Gasteiger partial charge in [0.2, 0.25) is 0 Å². The topological polar surface area (TPSA) is 42.2 Å². The van der Waals surface area contributed by atoms with Crippen LogP contribution in [0.3, 0.4) is 0 Å². The van der Waals surface area contributed by atoms with Gasteiger partial charge in [-0.3, -0.25) is 0 Å². The molecule has 0 saturated heterocycles. The van der Waals surface area contributed by atoms with Crippen LogP contribution in [0.15, 0.2) is 97.7 Å². The summed E-state index contributed by atoms with van der Waals surface area (Å²) in [5.74, 6) is -0.941. The summed E-state index contributed by atoms with van der Waals surface area (Å²) >= 11 is 0. The molecule has 0 saturated carbocycles. The molecule has 2 aromatic carbocycles. The quantitative estimate of drug-likeness (QED) is 0.552. The maximum absolute atomic E-state index is 11.4. The number of aromatic nitrogens is 1. The van der Waals surface area contributed by atoms with Crippen LogP contribution < -0.4 is 0 Å². The predicted octanol–water partition coefficient (Wildman–Crippen LogP) is 5.99. The van der Waals surface area contributed by atoms with Crippen molar-refractivity contribution in [3.05, 3.63) is 109 Å². The number of hydrogen-bond donors (Lipinski definition) is 1. The van der Waals surface area contributed by atoms with Gasteiger partial charge in [0.15, 0.2) is 0 Å². The maximum Gasteiger partial charge on any atom is 0.335 e. The normalized spacial score (nSPS) is 11.7. The summed E-state index contributed by atoms with van der Waals surface area (Å²) < 4.78 is 2.02. The minimum atomic E-state index is -0.941. The van der Waals surface area contributed by atoms with Crippen molar-refractivity contribution in [2.45, 2.75) is 6.92 Å². The molecule has 0 bridgehead atoms. The molecular formula is C24H21NO2. The van der Waals surface area contributed by atoms with E-state index < -0.39 is 5.97 Å². The number of nitrogens with zero attached hydrogens (tertiary/aromatic N) is 1. The van der Waals surface area contributed by atoms with Crippen LogP contribution in [-0.2, 0) is 0 Å². The fourth-order valence-corrected chi connectivity index (χ4v) is 3.01. The average molecular weight is 355 g/mol. The van der Waals surface area contributed by atoms with Crippen molar-refractivity contribution in [2.75, 3.05) is 0 Å². The molecule has 3 heteroatoms. The molecule has 0 amide bonds. The van der Waals surface area contributed by atoms with Crippen molar-refractivity contribution < 1.29 is 9.90 Å². The van der Waals surface area contributed by atoms with Gasteiger partial charge in [0, 0.05) is 17.4 Å². The highest BCUT2D eigenvalue weighted by molar-refractivity contribution is 5.88. The van der Waals surface area contributed by atoms with Crippen LogP contribution in [-0.4, -0.2) is 15.6 Å². The predicted molar refractivity (Wildman–Crippen MR) is 111 cm³/mol. The Hall–Kier alpha value is -3.59. The summed E-state index contributed by atoms with van der Waals surface area (Å²) in [6, 6.07) is 19.2. The first-order chi connectivity index (χ1) is 13.1. The van der Waals surface area contributed by atoms with Crippen LogP contribution in [0.1, 0.15) is 23.0 Å². The molecule has 134 valence electrons. The number of carbonyl (C=O) groups is 1. The smallest absolute Gasteiger partial charge is 0.335 e. The van der Waals surface area contributed by atoms with E-state index in [1.54, 1.807) is 24.3 Å².